The standard InChI is InChI=1S/C8H16O/c1-6(2)9-7(3)8-4-5-8/h6-8H,4-5H2,1-3H3/t7-/m0/s1. The summed E-state index contributed by atoms with van der Waals surface area (Å²) < 4.78 is 5.57. The van der Waals surface area contributed by atoms with Crippen molar-refractivity contribution in [3.05, 3.63) is 0 Å². The van der Waals surface area contributed by atoms with Gasteiger partial charge in [-0.15, -0.1) is 0 Å². The van der Waals surface area contributed by atoms with Gasteiger partial charge in [-0.25, -0.2) is 0 Å². The summed E-state index contributed by atoms with van der Waals surface area (Å²) in [6.07, 6.45) is 3.67. The van der Waals surface area contributed by atoms with Gasteiger partial charge in [-0.05, 0) is 39.5 Å². The first-order valence-corrected chi connectivity index (χ1v) is 3.85. The fraction of sp³-hybridized carbons (Fsp3) is 1.00. The summed E-state index contributed by atoms with van der Waals surface area (Å²) >= 11 is 0. The molecule has 0 N–H and O–H groups in total. The lowest BCUT2D eigenvalue weighted by Gasteiger charge is -2.14. The van der Waals surface area contributed by atoms with Crippen molar-refractivity contribution in [2.45, 2.75) is 45.8 Å². The number of hydrogen-bond acceptors (Lipinski definition) is 1. The van der Waals surface area contributed by atoms with Crippen molar-refractivity contribution in [2.75, 3.05) is 0 Å². The molecule has 0 saturated heterocycles. The molecule has 1 saturated carbocycles. The van der Waals surface area contributed by atoms with E-state index < -0.39 is 0 Å². The zero-order valence-electron chi connectivity index (χ0n) is 6.55. The highest BCUT2D eigenvalue weighted by molar-refractivity contribution is 4.79. The Balaban J connectivity index is 2.10. The second-order valence-electron chi connectivity index (χ2n) is 3.23. The summed E-state index contributed by atoms with van der Waals surface area (Å²) in [6, 6.07) is 0. The molecule has 1 fully saturated rings. The van der Waals surface area contributed by atoms with E-state index >= 15 is 0 Å². The van der Waals surface area contributed by atoms with Gasteiger partial charge in [0.05, 0.1) is 12.2 Å². The summed E-state index contributed by atoms with van der Waals surface area (Å²) in [5.74, 6) is 0.882. The maximum atomic E-state index is 5.57. The maximum Gasteiger partial charge on any atom is 0.0578 e. The Kier molecular flexibility index (Phi) is 2.12. The topological polar surface area (TPSA) is 9.23 Å². The monoisotopic (exact) mass is 128 g/mol. The summed E-state index contributed by atoms with van der Waals surface area (Å²) in [5, 5.41) is 0. The summed E-state index contributed by atoms with van der Waals surface area (Å²) in [5.41, 5.74) is 0. The fourth-order valence-electron chi connectivity index (χ4n) is 1.11. The van der Waals surface area contributed by atoms with Crippen LogP contribution in [0.25, 0.3) is 0 Å². The lowest BCUT2D eigenvalue weighted by atomic mass is 10.2. The van der Waals surface area contributed by atoms with Crippen LogP contribution in [0.5, 0.6) is 0 Å². The van der Waals surface area contributed by atoms with Crippen molar-refractivity contribution >= 4 is 0 Å². The van der Waals surface area contributed by atoms with Gasteiger partial charge in [-0.3, -0.25) is 0 Å². The zero-order valence-corrected chi connectivity index (χ0v) is 6.55. The molecule has 0 bridgehead atoms. The summed E-state index contributed by atoms with van der Waals surface area (Å²) in [4.78, 5) is 0. The predicted molar refractivity (Wildman–Crippen MR) is 38.4 cm³/mol. The fourth-order valence-corrected chi connectivity index (χ4v) is 1.11. The van der Waals surface area contributed by atoms with Gasteiger partial charge < -0.3 is 4.74 Å². The van der Waals surface area contributed by atoms with E-state index in [2.05, 4.69) is 20.8 Å². The van der Waals surface area contributed by atoms with E-state index in [0.29, 0.717) is 12.2 Å². The average Bonchev–Trinajstić information content (AvgIpc) is 2.40. The first-order valence-electron chi connectivity index (χ1n) is 3.85. The minimum absolute atomic E-state index is 0.403. The normalized spacial score (nSPS) is 22.7. The SMILES string of the molecule is CC(C)O[C@@H](C)C1CC1. The van der Waals surface area contributed by atoms with Crippen molar-refractivity contribution in [1.82, 2.24) is 0 Å². The molecule has 0 radical (unpaired) electrons. The third kappa shape index (κ3) is 2.35. The van der Waals surface area contributed by atoms with E-state index in [9.17, 15) is 0 Å². The van der Waals surface area contributed by atoms with Gasteiger partial charge in [-0.1, -0.05) is 0 Å². The zero-order chi connectivity index (χ0) is 6.85. The number of hydrogen-bond donors (Lipinski definition) is 0. The third-order valence-corrected chi connectivity index (χ3v) is 1.77. The van der Waals surface area contributed by atoms with Crippen molar-refractivity contribution in [3.8, 4) is 0 Å². The molecule has 1 aliphatic carbocycles. The molecule has 1 aliphatic rings. The van der Waals surface area contributed by atoms with Crippen LogP contribution in [0, 0.1) is 5.92 Å². The van der Waals surface area contributed by atoms with E-state index in [-0.39, 0.29) is 0 Å². The molecule has 0 aromatic rings. The number of ether oxygens (including phenoxy) is 1. The quantitative estimate of drug-likeness (QED) is 0.566. The molecule has 54 valence electrons. The Morgan fingerprint density at radius 1 is 1.22 bits per heavy atom. The van der Waals surface area contributed by atoms with Crippen LogP contribution in [-0.2, 0) is 4.74 Å². The van der Waals surface area contributed by atoms with Gasteiger partial charge in [0.1, 0.15) is 0 Å². The Morgan fingerprint density at radius 2 is 1.78 bits per heavy atom. The lowest BCUT2D eigenvalue weighted by Crippen LogP contribution is -2.15. The van der Waals surface area contributed by atoms with Crippen LogP contribution >= 0.6 is 0 Å². The van der Waals surface area contributed by atoms with Crippen LogP contribution in [0.4, 0.5) is 0 Å². The Bertz CT molecular complexity index is 84.6. The summed E-state index contributed by atoms with van der Waals surface area (Å²) in [7, 11) is 0. The van der Waals surface area contributed by atoms with Crippen LogP contribution in [0.1, 0.15) is 33.6 Å². The van der Waals surface area contributed by atoms with E-state index in [1.165, 1.54) is 12.8 Å². The molecule has 1 atom stereocenters. The molecule has 0 aromatic heterocycles. The lowest BCUT2D eigenvalue weighted by molar-refractivity contribution is 0.00660. The van der Waals surface area contributed by atoms with Crippen LogP contribution < -0.4 is 0 Å². The van der Waals surface area contributed by atoms with Crippen molar-refractivity contribution in [1.29, 1.82) is 0 Å². The second kappa shape index (κ2) is 2.70. The highest BCUT2D eigenvalue weighted by Gasteiger charge is 2.28. The first kappa shape index (κ1) is 7.07. The maximum absolute atomic E-state index is 5.57. The van der Waals surface area contributed by atoms with Gasteiger partial charge in [-0.2, -0.15) is 0 Å². The van der Waals surface area contributed by atoms with Crippen LogP contribution in [-0.4, -0.2) is 12.2 Å². The van der Waals surface area contributed by atoms with E-state index in [1.54, 1.807) is 0 Å². The van der Waals surface area contributed by atoms with Crippen LogP contribution in [0.2, 0.25) is 0 Å². The first-order chi connectivity index (χ1) is 4.20. The molecule has 0 aliphatic heterocycles. The van der Waals surface area contributed by atoms with E-state index in [4.69, 9.17) is 4.74 Å². The molecular formula is C8H16O. The van der Waals surface area contributed by atoms with Crippen molar-refractivity contribution in [3.63, 3.8) is 0 Å². The molecule has 9 heavy (non-hydrogen) atoms. The molecule has 0 amide bonds. The average molecular weight is 128 g/mol. The van der Waals surface area contributed by atoms with Gasteiger partial charge in [0, 0.05) is 0 Å². The highest BCUT2D eigenvalue weighted by atomic mass is 16.5. The predicted octanol–water partition coefficient (Wildman–Crippen LogP) is 2.21. The van der Waals surface area contributed by atoms with Gasteiger partial charge in [0.15, 0.2) is 0 Å². The van der Waals surface area contributed by atoms with Crippen molar-refractivity contribution in [2.24, 2.45) is 5.92 Å². The largest absolute Gasteiger partial charge is 0.376 e. The van der Waals surface area contributed by atoms with Crippen molar-refractivity contribution < 1.29 is 4.74 Å². The van der Waals surface area contributed by atoms with Gasteiger partial charge in [0.2, 0.25) is 0 Å². The molecule has 0 spiro atoms. The molecule has 0 unspecified atom stereocenters. The molecule has 0 heterocycles. The Labute approximate surface area is 57.4 Å². The minimum atomic E-state index is 0.403. The number of rotatable bonds is 3. The summed E-state index contributed by atoms with van der Waals surface area (Å²) in [6.45, 7) is 6.37. The van der Waals surface area contributed by atoms with E-state index in [0.717, 1.165) is 5.92 Å². The molecule has 1 nitrogen and oxygen atoms in total. The molecule has 1 heteroatoms. The molecular weight excluding hydrogens is 112 g/mol. The van der Waals surface area contributed by atoms with Crippen LogP contribution in [0.3, 0.4) is 0 Å². The smallest absolute Gasteiger partial charge is 0.0578 e. The van der Waals surface area contributed by atoms with E-state index in [1.807, 2.05) is 0 Å². The third-order valence-electron chi connectivity index (χ3n) is 1.77. The Hall–Kier alpha value is -0.0400. The highest BCUT2D eigenvalue weighted by Crippen LogP contribution is 2.34. The molecule has 0 aromatic carbocycles. The molecule has 1 rings (SSSR count). The minimum Gasteiger partial charge on any atom is -0.376 e. The second-order valence-corrected chi connectivity index (χ2v) is 3.23. The Morgan fingerprint density at radius 3 is 2.11 bits per heavy atom. The van der Waals surface area contributed by atoms with Gasteiger partial charge >= 0.3 is 0 Å². The van der Waals surface area contributed by atoms with Gasteiger partial charge in [0.25, 0.3) is 0 Å². The van der Waals surface area contributed by atoms with Crippen LogP contribution in [0.15, 0.2) is 0 Å².